The summed E-state index contributed by atoms with van der Waals surface area (Å²) < 4.78 is 0. The molecule has 1 aliphatic carbocycles. The van der Waals surface area contributed by atoms with Crippen LogP contribution < -0.4 is 0 Å². The van der Waals surface area contributed by atoms with Crippen LogP contribution in [0.15, 0.2) is 18.2 Å². The van der Waals surface area contributed by atoms with Crippen LogP contribution in [-0.2, 0) is 5.41 Å². The number of fused-ring (bicyclic) bond motifs is 1. The van der Waals surface area contributed by atoms with Gasteiger partial charge in [0.1, 0.15) is 0 Å². The molecule has 1 unspecified atom stereocenters. The zero-order chi connectivity index (χ0) is 11.1. The van der Waals surface area contributed by atoms with Crippen LogP contribution in [-0.4, -0.2) is 4.98 Å². The Morgan fingerprint density at radius 3 is 2.60 bits per heavy atom. The molecule has 1 heterocycles. The summed E-state index contributed by atoms with van der Waals surface area (Å²) in [6, 6.07) is 4.36. The normalized spacial score (nSPS) is 19.3. The van der Waals surface area contributed by atoms with Crippen molar-refractivity contribution < 1.29 is 0 Å². The minimum Gasteiger partial charge on any atom is -0.256 e. The van der Waals surface area contributed by atoms with Crippen LogP contribution >= 0.6 is 0 Å². The van der Waals surface area contributed by atoms with Crippen molar-refractivity contribution >= 4 is 6.08 Å². The van der Waals surface area contributed by atoms with E-state index in [2.05, 4.69) is 52.0 Å². The molecule has 0 spiro atoms. The highest BCUT2D eigenvalue weighted by Gasteiger charge is 2.21. The predicted octanol–water partition coefficient (Wildman–Crippen LogP) is 3.90. The molecule has 1 atom stereocenters. The average Bonchev–Trinajstić information content (AvgIpc) is 2.57. The number of nitrogens with zero attached hydrogens (tertiary/aromatic N) is 1. The Morgan fingerprint density at radius 2 is 2.00 bits per heavy atom. The first kappa shape index (κ1) is 10.4. The fourth-order valence-corrected chi connectivity index (χ4v) is 1.98. The van der Waals surface area contributed by atoms with Gasteiger partial charge in [-0.2, -0.15) is 0 Å². The summed E-state index contributed by atoms with van der Waals surface area (Å²) in [4.78, 5) is 4.81. The zero-order valence-electron chi connectivity index (χ0n) is 10.0. The number of allylic oxidation sites excluding steroid dienone is 1. The summed E-state index contributed by atoms with van der Waals surface area (Å²) in [6.07, 6.45) is 5.61. The molecule has 0 N–H and O–H groups in total. The van der Waals surface area contributed by atoms with Crippen LogP contribution in [0.25, 0.3) is 6.08 Å². The second-order valence-corrected chi connectivity index (χ2v) is 5.29. The third-order valence-corrected chi connectivity index (χ3v) is 3.02. The van der Waals surface area contributed by atoms with Gasteiger partial charge < -0.3 is 0 Å². The van der Waals surface area contributed by atoms with E-state index in [4.69, 9.17) is 4.98 Å². The third-order valence-electron chi connectivity index (χ3n) is 3.02. The van der Waals surface area contributed by atoms with Crippen LogP contribution in [0.5, 0.6) is 0 Å². The summed E-state index contributed by atoms with van der Waals surface area (Å²) >= 11 is 0. The smallest absolute Gasteiger partial charge is 0.0547 e. The SMILES string of the molecule is CCC1C=Cc2ccc(C(C)(C)C)nc21. The second-order valence-electron chi connectivity index (χ2n) is 5.29. The van der Waals surface area contributed by atoms with Crippen LogP contribution in [0.3, 0.4) is 0 Å². The first-order chi connectivity index (χ1) is 7.02. The van der Waals surface area contributed by atoms with Crippen molar-refractivity contribution in [2.75, 3.05) is 0 Å². The van der Waals surface area contributed by atoms with Gasteiger partial charge in [0.25, 0.3) is 0 Å². The molecule has 0 aromatic carbocycles. The van der Waals surface area contributed by atoms with E-state index in [1.807, 2.05) is 0 Å². The van der Waals surface area contributed by atoms with Crippen molar-refractivity contribution in [2.24, 2.45) is 0 Å². The molecule has 0 fully saturated rings. The Balaban J connectivity index is 2.44. The van der Waals surface area contributed by atoms with Gasteiger partial charge in [-0.1, -0.05) is 45.9 Å². The van der Waals surface area contributed by atoms with Gasteiger partial charge in [0.15, 0.2) is 0 Å². The number of rotatable bonds is 1. The predicted molar refractivity (Wildman–Crippen MR) is 65.0 cm³/mol. The minimum absolute atomic E-state index is 0.149. The van der Waals surface area contributed by atoms with Gasteiger partial charge in [0.2, 0.25) is 0 Å². The van der Waals surface area contributed by atoms with Gasteiger partial charge in [0, 0.05) is 17.0 Å². The van der Waals surface area contributed by atoms with Crippen LogP contribution in [0.2, 0.25) is 0 Å². The van der Waals surface area contributed by atoms with Crippen molar-refractivity contribution in [3.05, 3.63) is 35.2 Å². The van der Waals surface area contributed by atoms with Crippen molar-refractivity contribution in [1.29, 1.82) is 0 Å². The Labute approximate surface area is 92.2 Å². The lowest BCUT2D eigenvalue weighted by molar-refractivity contribution is 0.563. The molecular formula is C14H19N. The Kier molecular flexibility index (Phi) is 2.41. The van der Waals surface area contributed by atoms with Gasteiger partial charge in [-0.05, 0) is 18.1 Å². The summed E-state index contributed by atoms with van der Waals surface area (Å²) in [7, 11) is 0. The van der Waals surface area contributed by atoms with Crippen LogP contribution in [0.4, 0.5) is 0 Å². The van der Waals surface area contributed by atoms with E-state index < -0.39 is 0 Å². The molecule has 2 rings (SSSR count). The number of hydrogen-bond donors (Lipinski definition) is 0. The second kappa shape index (κ2) is 3.48. The highest BCUT2D eigenvalue weighted by atomic mass is 14.7. The molecule has 0 aliphatic heterocycles. The van der Waals surface area contributed by atoms with E-state index >= 15 is 0 Å². The highest BCUT2D eigenvalue weighted by Crippen LogP contribution is 2.32. The zero-order valence-corrected chi connectivity index (χ0v) is 10.0. The Hall–Kier alpha value is -1.11. The lowest BCUT2D eigenvalue weighted by atomic mass is 9.90. The lowest BCUT2D eigenvalue weighted by Crippen LogP contribution is -2.15. The maximum Gasteiger partial charge on any atom is 0.0547 e. The van der Waals surface area contributed by atoms with E-state index in [1.165, 1.54) is 17.0 Å². The maximum absolute atomic E-state index is 4.81. The largest absolute Gasteiger partial charge is 0.256 e. The first-order valence-electron chi connectivity index (χ1n) is 5.72. The summed E-state index contributed by atoms with van der Waals surface area (Å²) in [6.45, 7) is 8.86. The van der Waals surface area contributed by atoms with Gasteiger partial charge in [-0.15, -0.1) is 0 Å². The summed E-state index contributed by atoms with van der Waals surface area (Å²) in [5.41, 5.74) is 3.92. The van der Waals surface area contributed by atoms with E-state index in [0.717, 1.165) is 6.42 Å². The fourth-order valence-electron chi connectivity index (χ4n) is 1.98. The average molecular weight is 201 g/mol. The molecule has 0 saturated carbocycles. The van der Waals surface area contributed by atoms with Crippen LogP contribution in [0.1, 0.15) is 57.0 Å². The number of hydrogen-bond acceptors (Lipinski definition) is 1. The molecule has 0 saturated heterocycles. The van der Waals surface area contributed by atoms with E-state index in [1.54, 1.807) is 0 Å². The monoisotopic (exact) mass is 201 g/mol. The van der Waals surface area contributed by atoms with Crippen LogP contribution in [0, 0.1) is 0 Å². The summed E-state index contributed by atoms with van der Waals surface area (Å²) in [5, 5.41) is 0. The number of pyridine rings is 1. The first-order valence-corrected chi connectivity index (χ1v) is 5.72. The lowest BCUT2D eigenvalue weighted by Gasteiger charge is -2.19. The van der Waals surface area contributed by atoms with Gasteiger partial charge in [0.05, 0.1) is 5.69 Å². The quantitative estimate of drug-likeness (QED) is 0.671. The molecule has 1 aromatic heterocycles. The van der Waals surface area contributed by atoms with E-state index in [0.29, 0.717) is 5.92 Å². The van der Waals surface area contributed by atoms with Crippen molar-refractivity contribution in [2.45, 2.75) is 45.4 Å². The standard InChI is InChI=1S/C14H19N/c1-5-10-6-7-11-8-9-12(14(2,3)4)15-13(10)11/h6-10H,5H2,1-4H3. The Morgan fingerprint density at radius 1 is 1.27 bits per heavy atom. The highest BCUT2D eigenvalue weighted by molar-refractivity contribution is 5.60. The van der Waals surface area contributed by atoms with Crippen molar-refractivity contribution in [3.63, 3.8) is 0 Å². The van der Waals surface area contributed by atoms with Gasteiger partial charge in [-0.25, -0.2) is 0 Å². The number of aromatic nitrogens is 1. The van der Waals surface area contributed by atoms with Crippen molar-refractivity contribution in [1.82, 2.24) is 4.98 Å². The molecule has 1 aliphatic rings. The molecular weight excluding hydrogens is 182 g/mol. The molecule has 80 valence electrons. The van der Waals surface area contributed by atoms with E-state index in [-0.39, 0.29) is 5.41 Å². The molecule has 15 heavy (non-hydrogen) atoms. The molecule has 1 heteroatoms. The topological polar surface area (TPSA) is 12.9 Å². The Bertz CT molecular complexity index is 396. The van der Waals surface area contributed by atoms with Gasteiger partial charge in [-0.3, -0.25) is 4.98 Å². The van der Waals surface area contributed by atoms with Crippen molar-refractivity contribution in [3.8, 4) is 0 Å². The molecule has 0 radical (unpaired) electrons. The molecule has 0 amide bonds. The molecule has 0 bridgehead atoms. The fraction of sp³-hybridized carbons (Fsp3) is 0.500. The minimum atomic E-state index is 0.149. The molecule has 1 nitrogen and oxygen atoms in total. The van der Waals surface area contributed by atoms with Gasteiger partial charge >= 0.3 is 0 Å². The van der Waals surface area contributed by atoms with E-state index in [9.17, 15) is 0 Å². The molecule has 1 aromatic rings. The maximum atomic E-state index is 4.81. The summed E-state index contributed by atoms with van der Waals surface area (Å²) in [5.74, 6) is 0.530. The third kappa shape index (κ3) is 1.83.